The monoisotopic (exact) mass is 622 g/mol. The van der Waals surface area contributed by atoms with Crippen molar-refractivity contribution in [2.24, 2.45) is 4.99 Å². The second kappa shape index (κ2) is 12.8. The van der Waals surface area contributed by atoms with Gasteiger partial charge in [-0.05, 0) is 67.4 Å². The van der Waals surface area contributed by atoms with Crippen molar-refractivity contribution < 1.29 is 28.1 Å². The number of nitrogens with zero attached hydrogens (tertiary/aromatic N) is 2. The zero-order valence-corrected chi connectivity index (χ0v) is 25.4. The highest BCUT2D eigenvalue weighted by Crippen LogP contribution is 2.32. The van der Waals surface area contributed by atoms with Crippen molar-refractivity contribution in [3.05, 3.63) is 119 Å². The number of methoxy groups -OCH3 is 2. The third-order valence-electron chi connectivity index (χ3n) is 6.87. The molecular formula is C32H28ClFN2O6S. The first-order chi connectivity index (χ1) is 20.7. The Balaban J connectivity index is 1.58. The van der Waals surface area contributed by atoms with Gasteiger partial charge in [0.15, 0.2) is 16.3 Å². The summed E-state index contributed by atoms with van der Waals surface area (Å²) in [5.74, 6) is 0.405. The second-order valence-electron chi connectivity index (χ2n) is 9.47. The number of fused-ring (bicyclic) bond motifs is 1. The molecule has 0 saturated heterocycles. The number of rotatable bonds is 9. The Kier molecular flexibility index (Phi) is 8.98. The lowest BCUT2D eigenvalue weighted by Crippen LogP contribution is -2.39. The van der Waals surface area contributed by atoms with Crippen molar-refractivity contribution in [1.82, 2.24) is 4.57 Å². The normalized spacial score (nSPS) is 14.7. The summed E-state index contributed by atoms with van der Waals surface area (Å²) in [6, 6.07) is 16.0. The lowest BCUT2D eigenvalue weighted by molar-refractivity contribution is -0.139. The summed E-state index contributed by atoms with van der Waals surface area (Å²) >= 11 is 7.37. The van der Waals surface area contributed by atoms with Crippen molar-refractivity contribution in [3.63, 3.8) is 0 Å². The quantitative estimate of drug-likeness (QED) is 0.239. The molecule has 2 heterocycles. The molecule has 0 spiro atoms. The summed E-state index contributed by atoms with van der Waals surface area (Å²) in [7, 11) is 3.07. The van der Waals surface area contributed by atoms with Gasteiger partial charge in [-0.3, -0.25) is 9.36 Å². The molecule has 1 aromatic heterocycles. The zero-order chi connectivity index (χ0) is 30.7. The van der Waals surface area contributed by atoms with Gasteiger partial charge in [0.25, 0.3) is 5.56 Å². The average molecular weight is 623 g/mol. The third kappa shape index (κ3) is 6.07. The Morgan fingerprint density at radius 1 is 1.09 bits per heavy atom. The first-order valence-electron chi connectivity index (χ1n) is 13.3. The minimum Gasteiger partial charge on any atom is -0.497 e. The Bertz CT molecular complexity index is 1880. The molecule has 8 nitrogen and oxygen atoms in total. The van der Waals surface area contributed by atoms with E-state index in [1.165, 1.54) is 35.1 Å². The summed E-state index contributed by atoms with van der Waals surface area (Å²) in [4.78, 5) is 32.1. The van der Waals surface area contributed by atoms with Gasteiger partial charge < -0.3 is 18.9 Å². The van der Waals surface area contributed by atoms with Crippen LogP contribution in [0.25, 0.3) is 6.08 Å². The molecule has 43 heavy (non-hydrogen) atoms. The van der Waals surface area contributed by atoms with Crippen LogP contribution in [-0.4, -0.2) is 31.4 Å². The van der Waals surface area contributed by atoms with Crippen LogP contribution in [0.4, 0.5) is 4.39 Å². The van der Waals surface area contributed by atoms with Gasteiger partial charge in [0.05, 0.1) is 47.7 Å². The molecule has 1 atom stereocenters. The zero-order valence-electron chi connectivity index (χ0n) is 23.9. The van der Waals surface area contributed by atoms with Gasteiger partial charge in [-0.15, -0.1) is 0 Å². The van der Waals surface area contributed by atoms with E-state index in [9.17, 15) is 14.0 Å². The van der Waals surface area contributed by atoms with E-state index in [1.807, 2.05) is 12.1 Å². The predicted octanol–water partition coefficient (Wildman–Crippen LogP) is 5.19. The maximum absolute atomic E-state index is 14.3. The number of carbonyl (C=O) groups is 1. The number of halogens is 2. The molecule has 0 fully saturated rings. The first-order valence-corrected chi connectivity index (χ1v) is 14.5. The van der Waals surface area contributed by atoms with Crippen molar-refractivity contribution in [2.45, 2.75) is 26.5 Å². The Morgan fingerprint density at radius 2 is 1.86 bits per heavy atom. The van der Waals surface area contributed by atoms with E-state index < -0.39 is 17.8 Å². The van der Waals surface area contributed by atoms with Crippen molar-refractivity contribution in [3.8, 4) is 17.2 Å². The minimum atomic E-state index is -0.747. The SMILES string of the molecule is CCOC(=O)C1=C(C)N=c2sc(=Cc3ccc(OC)c(OCc4c(F)cccc4Cl)c3)c(=O)n2C1c1ccc(OC)cc1. The van der Waals surface area contributed by atoms with Crippen LogP contribution in [0.15, 0.2) is 81.7 Å². The summed E-state index contributed by atoms with van der Waals surface area (Å²) in [6.07, 6.45) is 1.71. The molecule has 1 aliphatic heterocycles. The molecule has 4 aromatic rings. The Hall–Kier alpha value is -4.41. The molecule has 0 N–H and O–H groups in total. The molecule has 5 rings (SSSR count). The molecule has 0 saturated carbocycles. The van der Waals surface area contributed by atoms with Crippen molar-refractivity contribution in [1.29, 1.82) is 0 Å². The Morgan fingerprint density at radius 3 is 2.53 bits per heavy atom. The fourth-order valence-electron chi connectivity index (χ4n) is 4.76. The maximum Gasteiger partial charge on any atom is 0.338 e. The van der Waals surface area contributed by atoms with Crippen LogP contribution < -0.4 is 29.1 Å². The lowest BCUT2D eigenvalue weighted by atomic mass is 9.96. The number of esters is 1. The van der Waals surface area contributed by atoms with Crippen LogP contribution in [0.1, 0.15) is 36.6 Å². The number of hydrogen-bond donors (Lipinski definition) is 0. The largest absolute Gasteiger partial charge is 0.497 e. The predicted molar refractivity (Wildman–Crippen MR) is 162 cm³/mol. The van der Waals surface area contributed by atoms with Gasteiger partial charge in [0.1, 0.15) is 18.2 Å². The van der Waals surface area contributed by atoms with Crippen LogP contribution in [0.3, 0.4) is 0 Å². The first kappa shape index (κ1) is 30.1. The number of ether oxygens (including phenoxy) is 4. The van der Waals surface area contributed by atoms with Crippen LogP contribution in [0.5, 0.6) is 17.2 Å². The lowest BCUT2D eigenvalue weighted by Gasteiger charge is -2.24. The summed E-state index contributed by atoms with van der Waals surface area (Å²) in [5.41, 5.74) is 2.00. The molecule has 1 unspecified atom stereocenters. The fraction of sp³-hybridized carbons (Fsp3) is 0.219. The van der Waals surface area contributed by atoms with Gasteiger partial charge in [-0.1, -0.05) is 47.2 Å². The second-order valence-corrected chi connectivity index (χ2v) is 10.9. The van der Waals surface area contributed by atoms with E-state index in [2.05, 4.69) is 4.99 Å². The number of aromatic nitrogens is 1. The summed E-state index contributed by atoms with van der Waals surface area (Å²) in [5, 5.41) is 0.250. The fourth-order valence-corrected chi connectivity index (χ4v) is 6.02. The highest BCUT2D eigenvalue weighted by Gasteiger charge is 2.33. The molecule has 1 aliphatic rings. The topological polar surface area (TPSA) is 88.4 Å². The molecule has 3 aromatic carbocycles. The van der Waals surface area contributed by atoms with Gasteiger partial charge in [0.2, 0.25) is 0 Å². The third-order valence-corrected chi connectivity index (χ3v) is 8.20. The Labute approximate surface area is 255 Å². The number of benzene rings is 3. The van der Waals surface area contributed by atoms with E-state index in [1.54, 1.807) is 63.4 Å². The number of carbonyl (C=O) groups excluding carboxylic acids is 1. The highest BCUT2D eigenvalue weighted by atomic mass is 35.5. The van der Waals surface area contributed by atoms with Crippen molar-refractivity contribution >= 4 is 35.0 Å². The molecule has 0 aliphatic carbocycles. The van der Waals surface area contributed by atoms with E-state index >= 15 is 0 Å². The van der Waals surface area contributed by atoms with Gasteiger partial charge >= 0.3 is 5.97 Å². The van der Waals surface area contributed by atoms with E-state index in [4.69, 9.17) is 30.5 Å². The van der Waals surface area contributed by atoms with Gasteiger partial charge in [0, 0.05) is 5.56 Å². The molecule has 0 radical (unpaired) electrons. The standard InChI is InChI=1S/C32H28ClFN2O6S/c1-5-41-31(38)28-18(2)35-32-36(29(28)20-10-12-21(39-3)13-11-20)30(37)27(43-32)16-19-9-14-25(40-4)26(15-19)42-17-22-23(33)7-6-8-24(22)34/h6-16,29H,5,17H2,1-4H3. The number of thiazole rings is 1. The van der Waals surface area contributed by atoms with Crippen LogP contribution in [0, 0.1) is 5.82 Å². The molecule has 0 bridgehead atoms. The molecule has 0 amide bonds. The van der Waals surface area contributed by atoms with Crippen LogP contribution in [-0.2, 0) is 16.1 Å². The highest BCUT2D eigenvalue weighted by molar-refractivity contribution is 7.07. The summed E-state index contributed by atoms with van der Waals surface area (Å²) in [6.45, 7) is 3.52. The minimum absolute atomic E-state index is 0.120. The molecule has 11 heteroatoms. The van der Waals surface area contributed by atoms with Gasteiger partial charge in [-0.25, -0.2) is 14.2 Å². The number of allylic oxidation sites excluding steroid dienone is 1. The molecule has 222 valence electrons. The maximum atomic E-state index is 14.3. The number of hydrogen-bond acceptors (Lipinski definition) is 8. The van der Waals surface area contributed by atoms with E-state index in [0.717, 1.165) is 0 Å². The smallest absolute Gasteiger partial charge is 0.338 e. The van der Waals surface area contributed by atoms with E-state index in [0.29, 0.717) is 43.4 Å². The van der Waals surface area contributed by atoms with Crippen LogP contribution in [0.2, 0.25) is 5.02 Å². The van der Waals surface area contributed by atoms with Gasteiger partial charge in [-0.2, -0.15) is 0 Å². The summed E-state index contributed by atoms with van der Waals surface area (Å²) < 4.78 is 38.2. The average Bonchev–Trinajstić information content (AvgIpc) is 3.30. The molecular weight excluding hydrogens is 595 g/mol. The van der Waals surface area contributed by atoms with Crippen LogP contribution >= 0.6 is 22.9 Å². The van der Waals surface area contributed by atoms with E-state index in [-0.39, 0.29) is 34.9 Å². The van der Waals surface area contributed by atoms with Crippen molar-refractivity contribution in [2.75, 3.05) is 20.8 Å².